The van der Waals surface area contributed by atoms with Gasteiger partial charge < -0.3 is 14.8 Å². The summed E-state index contributed by atoms with van der Waals surface area (Å²) in [5, 5.41) is 3.66. The second-order valence-corrected chi connectivity index (χ2v) is 7.54. The van der Waals surface area contributed by atoms with E-state index < -0.39 is 6.10 Å². The Morgan fingerprint density at radius 3 is 2.54 bits per heavy atom. The average molecular weight is 404 g/mol. The molecule has 2 aromatic rings. The van der Waals surface area contributed by atoms with E-state index in [1.54, 1.807) is 12.1 Å². The van der Waals surface area contributed by atoms with Gasteiger partial charge in [-0.25, -0.2) is 0 Å². The number of ether oxygens (including phenoxy) is 2. The van der Waals surface area contributed by atoms with E-state index in [2.05, 4.69) is 17.4 Å². The third kappa shape index (κ3) is 7.08. The Morgan fingerprint density at radius 1 is 1.11 bits per heavy atom. The van der Waals surface area contributed by atoms with Crippen molar-refractivity contribution in [1.82, 2.24) is 5.32 Å². The van der Waals surface area contributed by atoms with E-state index in [4.69, 9.17) is 21.1 Å². The van der Waals surface area contributed by atoms with Gasteiger partial charge in [0.25, 0.3) is 5.91 Å². The van der Waals surface area contributed by atoms with E-state index in [1.165, 1.54) is 5.56 Å². The summed E-state index contributed by atoms with van der Waals surface area (Å²) >= 11 is 6.04. The van der Waals surface area contributed by atoms with Gasteiger partial charge in [-0.1, -0.05) is 30.7 Å². The summed E-state index contributed by atoms with van der Waals surface area (Å²) < 4.78 is 11.6. The molecule has 0 spiro atoms. The van der Waals surface area contributed by atoms with E-state index in [1.807, 2.05) is 45.9 Å². The van der Waals surface area contributed by atoms with Gasteiger partial charge in [-0.3, -0.25) is 4.79 Å². The minimum atomic E-state index is -0.511. The lowest BCUT2D eigenvalue weighted by Crippen LogP contribution is -2.38. The van der Waals surface area contributed by atoms with Crippen molar-refractivity contribution < 1.29 is 14.3 Å². The van der Waals surface area contributed by atoms with Crippen molar-refractivity contribution in [3.63, 3.8) is 0 Å². The fourth-order valence-electron chi connectivity index (χ4n) is 2.84. The van der Waals surface area contributed by atoms with Crippen molar-refractivity contribution in [2.24, 2.45) is 0 Å². The summed E-state index contributed by atoms with van der Waals surface area (Å²) in [6, 6.07) is 13.5. The van der Waals surface area contributed by atoms with Crippen LogP contribution in [0.4, 0.5) is 0 Å². The molecule has 0 unspecified atom stereocenters. The minimum Gasteiger partial charge on any atom is -0.491 e. The first-order valence-corrected chi connectivity index (χ1v) is 10.2. The molecule has 5 heteroatoms. The van der Waals surface area contributed by atoms with Crippen LogP contribution in [-0.4, -0.2) is 24.7 Å². The summed E-state index contributed by atoms with van der Waals surface area (Å²) in [6.07, 6.45) is 1.98. The highest BCUT2D eigenvalue weighted by Gasteiger charge is 2.18. The van der Waals surface area contributed by atoms with Crippen LogP contribution < -0.4 is 14.8 Å². The number of hydrogen-bond donors (Lipinski definition) is 1. The van der Waals surface area contributed by atoms with Crippen LogP contribution in [0.15, 0.2) is 42.5 Å². The van der Waals surface area contributed by atoms with Gasteiger partial charge in [-0.15, -0.1) is 0 Å². The molecule has 2 rings (SSSR count). The summed E-state index contributed by atoms with van der Waals surface area (Å²) in [5.74, 6) is 1.45. The predicted molar refractivity (Wildman–Crippen MR) is 114 cm³/mol. The lowest BCUT2D eigenvalue weighted by atomic mass is 10.1. The number of carbonyl (C=O) groups is 1. The van der Waals surface area contributed by atoms with Gasteiger partial charge >= 0.3 is 0 Å². The Kier molecular flexibility index (Phi) is 8.65. The first-order valence-electron chi connectivity index (χ1n) is 9.85. The average Bonchev–Trinajstić information content (AvgIpc) is 2.65. The number of carbonyl (C=O) groups excluding carboxylic acids is 1. The molecule has 0 saturated heterocycles. The molecule has 28 heavy (non-hydrogen) atoms. The highest BCUT2D eigenvalue weighted by molar-refractivity contribution is 6.31. The smallest absolute Gasteiger partial charge is 0.261 e. The van der Waals surface area contributed by atoms with Crippen molar-refractivity contribution in [3.8, 4) is 11.5 Å². The highest BCUT2D eigenvalue weighted by Crippen LogP contribution is 2.22. The molecule has 0 aliphatic carbocycles. The molecule has 0 fully saturated rings. The molecule has 2 aromatic carbocycles. The number of rotatable bonds is 10. The molecular weight excluding hydrogens is 374 g/mol. The van der Waals surface area contributed by atoms with Crippen LogP contribution in [0.25, 0.3) is 0 Å². The number of nitrogens with one attached hydrogen (secondary N) is 1. The van der Waals surface area contributed by atoms with Gasteiger partial charge in [0.2, 0.25) is 0 Å². The van der Waals surface area contributed by atoms with Crippen LogP contribution in [0.1, 0.15) is 44.7 Å². The molecule has 4 nitrogen and oxygen atoms in total. The van der Waals surface area contributed by atoms with Gasteiger partial charge in [-0.2, -0.15) is 0 Å². The fourth-order valence-corrected chi connectivity index (χ4v) is 2.96. The number of amides is 1. The molecule has 1 amide bonds. The molecule has 0 aliphatic heterocycles. The summed E-state index contributed by atoms with van der Waals surface area (Å²) in [5.41, 5.74) is 2.13. The predicted octanol–water partition coefficient (Wildman–Crippen LogP) is 5.34. The molecule has 0 aliphatic rings. The molecule has 0 radical (unpaired) electrons. The van der Waals surface area contributed by atoms with Gasteiger partial charge in [0.1, 0.15) is 11.5 Å². The van der Waals surface area contributed by atoms with Crippen LogP contribution in [0.2, 0.25) is 5.02 Å². The Morgan fingerprint density at radius 2 is 1.86 bits per heavy atom. The van der Waals surface area contributed by atoms with Crippen molar-refractivity contribution in [2.45, 2.75) is 59.2 Å². The van der Waals surface area contributed by atoms with Crippen molar-refractivity contribution in [2.75, 3.05) is 6.54 Å². The molecular formula is C23H30ClNO3. The molecule has 0 aromatic heterocycles. The van der Waals surface area contributed by atoms with Crippen LogP contribution in [0.3, 0.4) is 0 Å². The molecule has 0 heterocycles. The Labute approximate surface area is 173 Å². The topological polar surface area (TPSA) is 47.6 Å². The molecule has 152 valence electrons. The quantitative estimate of drug-likeness (QED) is 0.544. The zero-order valence-electron chi connectivity index (χ0n) is 17.1. The van der Waals surface area contributed by atoms with E-state index in [9.17, 15) is 4.79 Å². The Balaban J connectivity index is 1.79. The third-order valence-corrected chi connectivity index (χ3v) is 4.71. The van der Waals surface area contributed by atoms with Crippen LogP contribution in [-0.2, 0) is 11.2 Å². The van der Waals surface area contributed by atoms with Gasteiger partial charge in [0, 0.05) is 11.6 Å². The number of aryl methyl sites for hydroxylation is 2. The third-order valence-electron chi connectivity index (χ3n) is 4.28. The first-order chi connectivity index (χ1) is 13.4. The minimum absolute atomic E-state index is 0.0907. The van der Waals surface area contributed by atoms with E-state index in [-0.39, 0.29) is 12.0 Å². The van der Waals surface area contributed by atoms with E-state index in [0.717, 1.165) is 24.2 Å². The monoisotopic (exact) mass is 403 g/mol. The largest absolute Gasteiger partial charge is 0.491 e. The number of benzene rings is 2. The van der Waals surface area contributed by atoms with E-state index >= 15 is 0 Å². The maximum Gasteiger partial charge on any atom is 0.261 e. The van der Waals surface area contributed by atoms with Crippen molar-refractivity contribution in [1.29, 1.82) is 0 Å². The van der Waals surface area contributed by atoms with Crippen LogP contribution in [0, 0.1) is 6.92 Å². The summed E-state index contributed by atoms with van der Waals surface area (Å²) in [4.78, 5) is 12.4. The molecule has 0 saturated carbocycles. The Bertz CT molecular complexity index is 776. The van der Waals surface area contributed by atoms with Crippen molar-refractivity contribution >= 4 is 17.5 Å². The Hall–Kier alpha value is -2.20. The van der Waals surface area contributed by atoms with Gasteiger partial charge in [-0.05, 0) is 81.5 Å². The first kappa shape index (κ1) is 22.1. The second-order valence-electron chi connectivity index (χ2n) is 7.13. The lowest BCUT2D eigenvalue weighted by molar-refractivity contribution is -0.128. The maximum absolute atomic E-state index is 12.4. The van der Waals surface area contributed by atoms with Crippen LogP contribution in [0.5, 0.6) is 11.5 Å². The maximum atomic E-state index is 12.4. The SMILES string of the molecule is CC[C@H](Oc1ccc(Cl)c(C)c1)C(=O)NCCCc1cccc(OC(C)C)c1. The normalized spacial score (nSPS) is 11.9. The zero-order valence-corrected chi connectivity index (χ0v) is 17.9. The summed E-state index contributed by atoms with van der Waals surface area (Å²) in [6.45, 7) is 8.48. The molecule has 1 N–H and O–H groups in total. The zero-order chi connectivity index (χ0) is 20.5. The van der Waals surface area contributed by atoms with Gasteiger partial charge in [0.05, 0.1) is 6.10 Å². The molecule has 0 bridgehead atoms. The molecule has 1 atom stereocenters. The van der Waals surface area contributed by atoms with E-state index in [0.29, 0.717) is 23.7 Å². The van der Waals surface area contributed by atoms with Crippen molar-refractivity contribution in [3.05, 3.63) is 58.6 Å². The second kappa shape index (κ2) is 11.0. The standard InChI is InChI=1S/C23H30ClNO3/c1-5-22(28-20-11-12-21(24)17(4)14-20)23(26)25-13-7-9-18-8-6-10-19(15-18)27-16(2)3/h6,8,10-12,14-16,22H,5,7,9,13H2,1-4H3,(H,25,26)/t22-/m0/s1. The number of halogens is 1. The highest BCUT2D eigenvalue weighted by atomic mass is 35.5. The van der Waals surface area contributed by atoms with Crippen LogP contribution >= 0.6 is 11.6 Å². The van der Waals surface area contributed by atoms with Gasteiger partial charge in [0.15, 0.2) is 6.10 Å². The summed E-state index contributed by atoms with van der Waals surface area (Å²) in [7, 11) is 0. The lowest BCUT2D eigenvalue weighted by Gasteiger charge is -2.18. The fraction of sp³-hybridized carbons (Fsp3) is 0.435. The number of hydrogen-bond acceptors (Lipinski definition) is 3.